The van der Waals surface area contributed by atoms with E-state index in [9.17, 15) is 4.79 Å². The van der Waals surface area contributed by atoms with E-state index in [4.69, 9.17) is 0 Å². The maximum Gasteiger partial charge on any atom is 0.267 e. The number of rotatable bonds is 6. The number of aryl methyl sites for hydroxylation is 1. The van der Waals surface area contributed by atoms with Crippen LogP contribution in [0.15, 0.2) is 48.7 Å². The van der Waals surface area contributed by atoms with Crippen LogP contribution in [0.3, 0.4) is 0 Å². The molecule has 0 radical (unpaired) electrons. The summed E-state index contributed by atoms with van der Waals surface area (Å²) in [6.45, 7) is 3.39. The highest BCUT2D eigenvalue weighted by molar-refractivity contribution is 7.11. The first-order valence-electron chi connectivity index (χ1n) is 7.38. The highest BCUT2D eigenvalue weighted by atomic mass is 32.1. The van der Waals surface area contributed by atoms with Crippen molar-refractivity contribution in [2.75, 3.05) is 6.54 Å². The van der Waals surface area contributed by atoms with E-state index in [1.807, 2.05) is 23.1 Å². The molecule has 3 rings (SSSR count). The van der Waals surface area contributed by atoms with Gasteiger partial charge in [-0.1, -0.05) is 34.8 Å². The van der Waals surface area contributed by atoms with Gasteiger partial charge in [0.1, 0.15) is 4.88 Å². The summed E-state index contributed by atoms with van der Waals surface area (Å²) in [7, 11) is 0. The lowest BCUT2D eigenvalue weighted by Gasteiger charge is -2.21. The Hall–Kier alpha value is -2.05. The van der Waals surface area contributed by atoms with Crippen molar-refractivity contribution in [2.24, 2.45) is 0 Å². The van der Waals surface area contributed by atoms with E-state index in [1.54, 1.807) is 17.5 Å². The zero-order valence-electron chi connectivity index (χ0n) is 12.8. The van der Waals surface area contributed by atoms with Gasteiger partial charge in [-0.3, -0.25) is 4.79 Å². The van der Waals surface area contributed by atoms with Crippen molar-refractivity contribution < 1.29 is 4.79 Å². The molecule has 0 aliphatic carbocycles. The maximum absolute atomic E-state index is 12.7. The summed E-state index contributed by atoms with van der Waals surface area (Å²) in [6.07, 6.45) is 2.38. The molecule has 0 atom stereocenters. The molecule has 0 aliphatic rings. The molecule has 0 N–H and O–H groups in total. The standard InChI is InChI=1S/C17H17N3OS2/c1-13-7-8-15(22-13)12-20(17(21)16-11-18-19-23-16)10-9-14-5-3-2-4-6-14/h2-8,11H,9-10,12H2,1H3. The van der Waals surface area contributed by atoms with Crippen molar-refractivity contribution in [3.63, 3.8) is 0 Å². The molecule has 3 aromatic rings. The van der Waals surface area contributed by atoms with E-state index in [-0.39, 0.29) is 5.91 Å². The predicted octanol–water partition coefficient (Wildman–Crippen LogP) is 3.79. The molecule has 0 spiro atoms. The second kappa shape index (κ2) is 7.48. The van der Waals surface area contributed by atoms with E-state index in [2.05, 4.69) is 40.8 Å². The largest absolute Gasteiger partial charge is 0.332 e. The topological polar surface area (TPSA) is 46.1 Å². The number of amides is 1. The van der Waals surface area contributed by atoms with E-state index in [0.717, 1.165) is 18.0 Å². The molecule has 118 valence electrons. The number of thiophene rings is 1. The summed E-state index contributed by atoms with van der Waals surface area (Å²) in [5.41, 5.74) is 1.23. The third kappa shape index (κ3) is 4.24. The average Bonchev–Trinajstić information content (AvgIpc) is 3.23. The van der Waals surface area contributed by atoms with Gasteiger partial charge in [-0.15, -0.1) is 16.4 Å². The van der Waals surface area contributed by atoms with Crippen molar-refractivity contribution in [2.45, 2.75) is 19.9 Å². The van der Waals surface area contributed by atoms with Crippen LogP contribution in [0.1, 0.15) is 25.0 Å². The van der Waals surface area contributed by atoms with Gasteiger partial charge in [-0.2, -0.15) is 0 Å². The van der Waals surface area contributed by atoms with Crippen molar-refractivity contribution in [3.05, 3.63) is 68.9 Å². The molecule has 0 aliphatic heterocycles. The van der Waals surface area contributed by atoms with Gasteiger partial charge in [0.05, 0.1) is 12.7 Å². The Bertz CT molecular complexity index is 753. The highest BCUT2D eigenvalue weighted by Gasteiger charge is 2.18. The van der Waals surface area contributed by atoms with Gasteiger partial charge >= 0.3 is 0 Å². The predicted molar refractivity (Wildman–Crippen MR) is 93.9 cm³/mol. The number of nitrogens with zero attached hydrogens (tertiary/aromatic N) is 3. The van der Waals surface area contributed by atoms with Crippen LogP contribution in [0.5, 0.6) is 0 Å². The monoisotopic (exact) mass is 343 g/mol. The Morgan fingerprint density at radius 3 is 2.65 bits per heavy atom. The Kier molecular flexibility index (Phi) is 5.15. The normalized spacial score (nSPS) is 10.7. The fourth-order valence-electron chi connectivity index (χ4n) is 2.34. The first-order chi connectivity index (χ1) is 11.2. The van der Waals surface area contributed by atoms with Gasteiger partial charge in [0.15, 0.2) is 0 Å². The minimum absolute atomic E-state index is 0.00184. The molecule has 0 fully saturated rings. The lowest BCUT2D eigenvalue weighted by atomic mass is 10.1. The summed E-state index contributed by atoms with van der Waals surface area (Å²) >= 11 is 2.88. The lowest BCUT2D eigenvalue weighted by Crippen LogP contribution is -2.31. The molecule has 0 unspecified atom stereocenters. The number of benzene rings is 1. The highest BCUT2D eigenvalue weighted by Crippen LogP contribution is 2.19. The molecule has 2 heterocycles. The summed E-state index contributed by atoms with van der Waals surface area (Å²) in [5.74, 6) is 0.00184. The van der Waals surface area contributed by atoms with Gasteiger partial charge in [-0.05, 0) is 42.6 Å². The minimum atomic E-state index is 0.00184. The number of hydrogen-bond donors (Lipinski definition) is 0. The third-order valence-corrected chi connectivity index (χ3v) is 5.15. The number of aromatic nitrogens is 2. The van der Waals surface area contributed by atoms with Gasteiger partial charge < -0.3 is 4.90 Å². The van der Waals surface area contributed by atoms with Gasteiger partial charge in [0.2, 0.25) is 0 Å². The number of hydrogen-bond acceptors (Lipinski definition) is 5. The fourth-order valence-corrected chi connectivity index (χ4v) is 3.73. The van der Waals surface area contributed by atoms with Gasteiger partial charge in [-0.25, -0.2) is 0 Å². The van der Waals surface area contributed by atoms with Crippen LogP contribution >= 0.6 is 22.9 Å². The minimum Gasteiger partial charge on any atom is -0.332 e. The molecule has 23 heavy (non-hydrogen) atoms. The zero-order valence-corrected chi connectivity index (χ0v) is 14.4. The molecule has 2 aromatic heterocycles. The first-order valence-corrected chi connectivity index (χ1v) is 8.97. The van der Waals surface area contributed by atoms with Crippen molar-refractivity contribution >= 4 is 28.8 Å². The van der Waals surface area contributed by atoms with E-state index in [0.29, 0.717) is 18.0 Å². The molecule has 0 saturated carbocycles. The van der Waals surface area contributed by atoms with Crippen LogP contribution in [-0.4, -0.2) is 26.9 Å². The average molecular weight is 343 g/mol. The molecule has 1 aromatic carbocycles. The van der Waals surface area contributed by atoms with Crippen LogP contribution in [-0.2, 0) is 13.0 Å². The molecular weight excluding hydrogens is 326 g/mol. The van der Waals surface area contributed by atoms with E-state index < -0.39 is 0 Å². The quantitative estimate of drug-likeness (QED) is 0.684. The number of carbonyl (C=O) groups is 1. The number of carbonyl (C=O) groups excluding carboxylic acids is 1. The molecule has 6 heteroatoms. The van der Waals surface area contributed by atoms with Crippen LogP contribution in [0.4, 0.5) is 0 Å². The third-order valence-electron chi connectivity index (χ3n) is 3.52. The summed E-state index contributed by atoms with van der Waals surface area (Å²) in [6, 6.07) is 14.4. The summed E-state index contributed by atoms with van der Waals surface area (Å²) < 4.78 is 3.80. The van der Waals surface area contributed by atoms with Gasteiger partial charge in [0.25, 0.3) is 5.91 Å². The van der Waals surface area contributed by atoms with Gasteiger partial charge in [0, 0.05) is 16.3 Å². The van der Waals surface area contributed by atoms with Crippen LogP contribution in [0.25, 0.3) is 0 Å². The second-order valence-corrected chi connectivity index (χ2v) is 7.41. The smallest absolute Gasteiger partial charge is 0.267 e. The van der Waals surface area contributed by atoms with Crippen molar-refractivity contribution in [1.82, 2.24) is 14.5 Å². The SMILES string of the molecule is Cc1ccc(CN(CCc2ccccc2)C(=O)c2cnns2)s1. The van der Waals surface area contributed by atoms with Crippen molar-refractivity contribution in [1.29, 1.82) is 0 Å². The lowest BCUT2D eigenvalue weighted by molar-refractivity contribution is 0.0751. The van der Waals surface area contributed by atoms with E-state index in [1.165, 1.54) is 15.3 Å². The fraction of sp³-hybridized carbons (Fsp3) is 0.235. The Morgan fingerprint density at radius 2 is 2.00 bits per heavy atom. The Balaban J connectivity index is 1.74. The molecule has 0 bridgehead atoms. The molecule has 4 nitrogen and oxygen atoms in total. The molecule has 1 amide bonds. The van der Waals surface area contributed by atoms with Crippen LogP contribution in [0.2, 0.25) is 0 Å². The molecular formula is C17H17N3OS2. The van der Waals surface area contributed by atoms with Crippen molar-refractivity contribution in [3.8, 4) is 0 Å². The molecule has 0 saturated heterocycles. The second-order valence-electron chi connectivity index (χ2n) is 5.26. The van der Waals surface area contributed by atoms with E-state index >= 15 is 0 Å². The first kappa shape index (κ1) is 15.8. The Labute approximate surface area is 143 Å². The van der Waals surface area contributed by atoms with Crippen LogP contribution < -0.4 is 0 Å². The van der Waals surface area contributed by atoms with Crippen LogP contribution in [0, 0.1) is 6.92 Å². The summed E-state index contributed by atoms with van der Waals surface area (Å²) in [4.78, 5) is 17.6. The summed E-state index contributed by atoms with van der Waals surface area (Å²) in [5, 5.41) is 3.78. The Morgan fingerprint density at radius 1 is 1.17 bits per heavy atom. The zero-order chi connectivity index (χ0) is 16.1. The maximum atomic E-state index is 12.7.